The van der Waals surface area contributed by atoms with Crippen LogP contribution in [0, 0.1) is 5.92 Å². The van der Waals surface area contributed by atoms with E-state index in [1.54, 1.807) is 6.20 Å². The molecule has 4 nitrogen and oxygen atoms in total. The molecule has 0 amide bonds. The Labute approximate surface area is 181 Å². The molecule has 0 saturated carbocycles. The van der Waals surface area contributed by atoms with Gasteiger partial charge in [0.25, 0.3) is 0 Å². The third kappa shape index (κ3) is 3.70. The molecule has 4 atom stereocenters. The van der Waals surface area contributed by atoms with Crippen LogP contribution in [0.25, 0.3) is 10.8 Å². The van der Waals surface area contributed by atoms with Crippen LogP contribution in [-0.2, 0) is 11.0 Å². The molecule has 0 bridgehead atoms. The molecule has 1 aromatic heterocycles. The minimum atomic E-state index is -1.13. The first-order valence-electron chi connectivity index (χ1n) is 11.0. The standard InChI is InChI=1S/C25H29N3OS/c1-19(20-7-3-2-4-8-20)28-15-6-10-22-18-27(16-13-24(22)28)30(29)25-11-5-9-21-17-26-14-12-23(21)25/h2-5,7-9,11-12,14,17,19,22,24H,6,10,13,15-16,18H2,1H3. The van der Waals surface area contributed by atoms with E-state index >= 15 is 0 Å². The highest BCUT2D eigenvalue weighted by Crippen LogP contribution is 2.37. The average Bonchev–Trinajstić information content (AvgIpc) is 2.82. The maximum Gasteiger partial charge on any atom is 0.128 e. The van der Waals surface area contributed by atoms with Gasteiger partial charge < -0.3 is 0 Å². The number of likely N-dealkylation sites (tertiary alicyclic amines) is 1. The Bertz CT molecular complexity index is 1040. The molecule has 0 spiro atoms. The Kier molecular flexibility index (Phi) is 5.68. The molecule has 5 rings (SSSR count). The number of rotatable bonds is 4. The maximum atomic E-state index is 13.5. The first-order valence-corrected chi connectivity index (χ1v) is 12.1. The van der Waals surface area contributed by atoms with E-state index in [-0.39, 0.29) is 0 Å². The lowest BCUT2D eigenvalue weighted by Gasteiger charge is -2.49. The summed E-state index contributed by atoms with van der Waals surface area (Å²) in [6.45, 7) is 5.30. The van der Waals surface area contributed by atoms with Crippen molar-refractivity contribution in [2.45, 2.75) is 43.2 Å². The van der Waals surface area contributed by atoms with Gasteiger partial charge in [-0.3, -0.25) is 9.88 Å². The number of fused-ring (bicyclic) bond motifs is 2. The van der Waals surface area contributed by atoms with Crippen molar-refractivity contribution in [3.05, 3.63) is 72.6 Å². The predicted octanol–water partition coefficient (Wildman–Crippen LogP) is 4.80. The third-order valence-electron chi connectivity index (χ3n) is 6.92. The summed E-state index contributed by atoms with van der Waals surface area (Å²) in [5.74, 6) is 0.583. The molecule has 156 valence electrons. The molecule has 2 aliphatic heterocycles. The van der Waals surface area contributed by atoms with Crippen LogP contribution in [0.15, 0.2) is 71.9 Å². The van der Waals surface area contributed by atoms with E-state index in [9.17, 15) is 4.21 Å². The number of piperidine rings is 2. The maximum absolute atomic E-state index is 13.5. The molecular formula is C25H29N3OS. The Hall–Kier alpha value is -2.08. The van der Waals surface area contributed by atoms with Crippen molar-refractivity contribution in [3.63, 3.8) is 0 Å². The van der Waals surface area contributed by atoms with Gasteiger partial charge in [-0.25, -0.2) is 8.51 Å². The van der Waals surface area contributed by atoms with E-state index in [0.29, 0.717) is 18.0 Å². The smallest absolute Gasteiger partial charge is 0.128 e. The lowest BCUT2D eigenvalue weighted by atomic mass is 9.83. The number of aromatic nitrogens is 1. The number of benzene rings is 2. The van der Waals surface area contributed by atoms with Crippen LogP contribution in [0.4, 0.5) is 0 Å². The zero-order chi connectivity index (χ0) is 20.5. The first-order chi connectivity index (χ1) is 14.7. The highest BCUT2D eigenvalue weighted by molar-refractivity contribution is 7.83. The molecule has 30 heavy (non-hydrogen) atoms. The Morgan fingerprint density at radius 2 is 1.90 bits per heavy atom. The zero-order valence-electron chi connectivity index (χ0n) is 17.5. The molecule has 2 aromatic carbocycles. The van der Waals surface area contributed by atoms with E-state index in [0.717, 1.165) is 41.7 Å². The molecule has 5 heteroatoms. The van der Waals surface area contributed by atoms with E-state index in [4.69, 9.17) is 0 Å². The molecular weight excluding hydrogens is 390 g/mol. The summed E-state index contributed by atoms with van der Waals surface area (Å²) in [7, 11) is -1.13. The number of hydrogen-bond acceptors (Lipinski definition) is 3. The van der Waals surface area contributed by atoms with E-state index in [1.807, 2.05) is 30.5 Å². The van der Waals surface area contributed by atoms with Gasteiger partial charge in [-0.1, -0.05) is 42.5 Å². The summed E-state index contributed by atoms with van der Waals surface area (Å²) < 4.78 is 15.7. The third-order valence-corrected chi connectivity index (χ3v) is 8.45. The van der Waals surface area contributed by atoms with Gasteiger partial charge in [-0.15, -0.1) is 0 Å². The number of nitrogens with zero attached hydrogens (tertiary/aromatic N) is 3. The molecule has 2 fully saturated rings. The molecule has 2 aliphatic rings. The second-order valence-electron chi connectivity index (χ2n) is 8.57. The average molecular weight is 420 g/mol. The predicted molar refractivity (Wildman–Crippen MR) is 122 cm³/mol. The van der Waals surface area contributed by atoms with Crippen LogP contribution in [0.3, 0.4) is 0 Å². The zero-order valence-corrected chi connectivity index (χ0v) is 18.3. The van der Waals surface area contributed by atoms with Gasteiger partial charge in [0.05, 0.1) is 4.90 Å². The second kappa shape index (κ2) is 8.58. The summed E-state index contributed by atoms with van der Waals surface area (Å²) in [5, 5.41) is 2.11. The molecule has 0 radical (unpaired) electrons. The molecule has 0 aliphatic carbocycles. The summed E-state index contributed by atoms with van der Waals surface area (Å²) in [5.41, 5.74) is 1.40. The Morgan fingerprint density at radius 1 is 1.03 bits per heavy atom. The number of hydrogen-bond donors (Lipinski definition) is 0. The van der Waals surface area contributed by atoms with Gasteiger partial charge in [-0.2, -0.15) is 0 Å². The van der Waals surface area contributed by atoms with E-state index < -0.39 is 11.0 Å². The topological polar surface area (TPSA) is 36.4 Å². The van der Waals surface area contributed by atoms with Crippen LogP contribution < -0.4 is 0 Å². The van der Waals surface area contributed by atoms with Crippen molar-refractivity contribution in [2.24, 2.45) is 5.92 Å². The second-order valence-corrected chi connectivity index (χ2v) is 10.0. The molecule has 3 aromatic rings. The van der Waals surface area contributed by atoms with E-state index in [1.165, 1.54) is 18.4 Å². The Balaban J connectivity index is 1.34. The summed E-state index contributed by atoms with van der Waals surface area (Å²) in [6, 6.07) is 19.9. The normalized spacial score (nSPS) is 25.0. The van der Waals surface area contributed by atoms with E-state index in [2.05, 4.69) is 51.4 Å². The van der Waals surface area contributed by atoms with Crippen molar-refractivity contribution in [2.75, 3.05) is 19.6 Å². The van der Waals surface area contributed by atoms with Crippen molar-refractivity contribution in [1.29, 1.82) is 0 Å². The highest BCUT2D eigenvalue weighted by atomic mass is 32.2. The van der Waals surface area contributed by atoms with Gasteiger partial charge in [-0.05, 0) is 56.3 Å². The minimum Gasteiger partial charge on any atom is -0.293 e. The fourth-order valence-electron chi connectivity index (χ4n) is 5.35. The number of pyridine rings is 1. The highest BCUT2D eigenvalue weighted by Gasteiger charge is 2.39. The van der Waals surface area contributed by atoms with Gasteiger partial charge in [0.2, 0.25) is 0 Å². The van der Waals surface area contributed by atoms with Crippen LogP contribution >= 0.6 is 0 Å². The SMILES string of the molecule is CC(c1ccccc1)N1CCCC2CN(S(=O)c3cccc4cnccc34)CCC21. The molecule has 3 heterocycles. The lowest BCUT2D eigenvalue weighted by molar-refractivity contribution is 0.0212. The Morgan fingerprint density at radius 3 is 2.77 bits per heavy atom. The fraction of sp³-hybridized carbons (Fsp3) is 0.400. The fourth-order valence-corrected chi connectivity index (χ4v) is 6.79. The van der Waals surface area contributed by atoms with Crippen molar-refractivity contribution >= 4 is 21.8 Å². The van der Waals surface area contributed by atoms with Crippen LogP contribution in [0.1, 0.15) is 37.8 Å². The van der Waals surface area contributed by atoms with Gasteiger partial charge in [0, 0.05) is 48.3 Å². The van der Waals surface area contributed by atoms with Crippen molar-refractivity contribution in [1.82, 2.24) is 14.2 Å². The van der Waals surface area contributed by atoms with Crippen molar-refractivity contribution < 1.29 is 4.21 Å². The molecule has 0 N–H and O–H groups in total. The van der Waals surface area contributed by atoms with Gasteiger partial charge in [0.15, 0.2) is 0 Å². The van der Waals surface area contributed by atoms with Gasteiger partial charge >= 0.3 is 0 Å². The molecule has 4 unspecified atom stereocenters. The minimum absolute atomic E-state index is 0.432. The quantitative estimate of drug-likeness (QED) is 0.609. The van der Waals surface area contributed by atoms with Crippen LogP contribution in [0.2, 0.25) is 0 Å². The first kappa shape index (κ1) is 19.9. The summed E-state index contributed by atoms with van der Waals surface area (Å²) in [6.07, 6.45) is 7.18. The van der Waals surface area contributed by atoms with Crippen LogP contribution in [-0.4, -0.2) is 44.1 Å². The summed E-state index contributed by atoms with van der Waals surface area (Å²) in [4.78, 5) is 7.83. The summed E-state index contributed by atoms with van der Waals surface area (Å²) >= 11 is 0. The van der Waals surface area contributed by atoms with Crippen LogP contribution in [0.5, 0.6) is 0 Å². The van der Waals surface area contributed by atoms with Gasteiger partial charge in [0.1, 0.15) is 11.0 Å². The van der Waals surface area contributed by atoms with Crippen molar-refractivity contribution in [3.8, 4) is 0 Å². The lowest BCUT2D eigenvalue weighted by Crippen LogP contribution is -2.54. The monoisotopic (exact) mass is 419 g/mol. The largest absolute Gasteiger partial charge is 0.293 e. The molecule has 2 saturated heterocycles.